The Balaban J connectivity index is 4.29. The SMILES string of the molecule is CC(C)C(C)C(N)(N)C(C)C. The first-order valence-electron chi connectivity index (χ1n) is 4.37. The van der Waals surface area contributed by atoms with E-state index in [1.165, 1.54) is 0 Å². The van der Waals surface area contributed by atoms with Gasteiger partial charge in [0.2, 0.25) is 0 Å². The van der Waals surface area contributed by atoms with Crippen molar-refractivity contribution in [1.29, 1.82) is 0 Å². The third-order valence-electron chi connectivity index (χ3n) is 2.79. The zero-order valence-corrected chi connectivity index (χ0v) is 8.39. The van der Waals surface area contributed by atoms with E-state index in [0.29, 0.717) is 17.8 Å². The minimum absolute atomic E-state index is 0.333. The molecule has 1 atom stereocenters. The van der Waals surface area contributed by atoms with E-state index < -0.39 is 5.66 Å². The topological polar surface area (TPSA) is 52.0 Å². The van der Waals surface area contributed by atoms with Crippen LogP contribution in [0.2, 0.25) is 0 Å². The van der Waals surface area contributed by atoms with Crippen LogP contribution in [0, 0.1) is 17.8 Å². The van der Waals surface area contributed by atoms with Crippen LogP contribution in [0.3, 0.4) is 0 Å². The molecule has 0 bridgehead atoms. The van der Waals surface area contributed by atoms with Crippen LogP contribution in [0.4, 0.5) is 0 Å². The molecule has 0 amide bonds. The van der Waals surface area contributed by atoms with Crippen LogP contribution in [0.1, 0.15) is 34.6 Å². The Labute approximate surface area is 70.3 Å². The van der Waals surface area contributed by atoms with Crippen LogP contribution in [-0.4, -0.2) is 5.66 Å². The molecule has 4 N–H and O–H groups in total. The largest absolute Gasteiger partial charge is 0.313 e. The lowest BCUT2D eigenvalue weighted by Gasteiger charge is -2.37. The van der Waals surface area contributed by atoms with Crippen molar-refractivity contribution in [2.24, 2.45) is 29.2 Å². The molecule has 68 valence electrons. The first-order valence-corrected chi connectivity index (χ1v) is 4.37. The van der Waals surface area contributed by atoms with Crippen LogP contribution in [0.25, 0.3) is 0 Å². The second-order valence-electron chi connectivity index (χ2n) is 4.19. The number of nitrogens with two attached hydrogens (primary N) is 2. The summed E-state index contributed by atoms with van der Waals surface area (Å²) in [5.74, 6) is 1.25. The highest BCUT2D eigenvalue weighted by Crippen LogP contribution is 2.24. The highest BCUT2D eigenvalue weighted by atomic mass is 15.0. The van der Waals surface area contributed by atoms with Gasteiger partial charge in [0.1, 0.15) is 0 Å². The van der Waals surface area contributed by atoms with E-state index in [-0.39, 0.29) is 0 Å². The Kier molecular flexibility index (Phi) is 3.52. The van der Waals surface area contributed by atoms with Gasteiger partial charge in [-0.05, 0) is 17.8 Å². The summed E-state index contributed by atoms with van der Waals surface area (Å²) in [6, 6.07) is 0. The van der Waals surface area contributed by atoms with Crippen LogP contribution in [-0.2, 0) is 0 Å². The smallest absolute Gasteiger partial charge is 0.0688 e. The summed E-state index contributed by atoms with van der Waals surface area (Å²) in [6.07, 6.45) is 0. The van der Waals surface area contributed by atoms with Gasteiger partial charge in [0.05, 0.1) is 5.66 Å². The minimum Gasteiger partial charge on any atom is -0.313 e. The summed E-state index contributed by atoms with van der Waals surface area (Å²) >= 11 is 0. The second-order valence-corrected chi connectivity index (χ2v) is 4.19. The first-order chi connectivity index (χ1) is 4.80. The maximum absolute atomic E-state index is 5.98. The van der Waals surface area contributed by atoms with E-state index in [0.717, 1.165) is 0 Å². The molecular formula is C9H22N2. The predicted octanol–water partition coefficient (Wildman–Crippen LogP) is 1.55. The summed E-state index contributed by atoms with van der Waals surface area (Å²) in [6.45, 7) is 10.6. The Morgan fingerprint density at radius 3 is 1.36 bits per heavy atom. The summed E-state index contributed by atoms with van der Waals surface area (Å²) < 4.78 is 0. The molecule has 0 radical (unpaired) electrons. The summed E-state index contributed by atoms with van der Waals surface area (Å²) in [7, 11) is 0. The van der Waals surface area contributed by atoms with E-state index in [2.05, 4.69) is 34.6 Å². The van der Waals surface area contributed by atoms with Gasteiger partial charge in [-0.2, -0.15) is 0 Å². The molecule has 0 spiro atoms. The molecule has 0 heterocycles. The minimum atomic E-state index is -0.520. The maximum Gasteiger partial charge on any atom is 0.0688 e. The lowest BCUT2D eigenvalue weighted by Crippen LogP contribution is -2.60. The van der Waals surface area contributed by atoms with Crippen LogP contribution < -0.4 is 11.5 Å². The van der Waals surface area contributed by atoms with Crippen molar-refractivity contribution < 1.29 is 0 Å². The molecule has 2 heteroatoms. The lowest BCUT2D eigenvalue weighted by molar-refractivity contribution is 0.172. The van der Waals surface area contributed by atoms with Crippen molar-refractivity contribution in [3.8, 4) is 0 Å². The maximum atomic E-state index is 5.98. The normalized spacial score (nSPS) is 16.1. The molecule has 0 saturated heterocycles. The molecule has 1 unspecified atom stereocenters. The van der Waals surface area contributed by atoms with Gasteiger partial charge in [0, 0.05) is 0 Å². The van der Waals surface area contributed by atoms with Gasteiger partial charge in [-0.25, -0.2) is 0 Å². The Hall–Kier alpha value is -0.0800. The van der Waals surface area contributed by atoms with Gasteiger partial charge in [-0.3, -0.25) is 0 Å². The number of hydrogen-bond acceptors (Lipinski definition) is 2. The van der Waals surface area contributed by atoms with Crippen LogP contribution >= 0.6 is 0 Å². The molecule has 0 rings (SSSR count). The molecule has 0 aromatic heterocycles. The lowest BCUT2D eigenvalue weighted by atomic mass is 9.79. The zero-order chi connectivity index (χ0) is 9.23. The van der Waals surface area contributed by atoms with Gasteiger partial charge >= 0.3 is 0 Å². The molecule has 0 aliphatic rings. The molecule has 0 aromatic rings. The molecule has 0 aliphatic heterocycles. The van der Waals surface area contributed by atoms with Crippen LogP contribution in [0.5, 0.6) is 0 Å². The number of hydrogen-bond donors (Lipinski definition) is 2. The van der Waals surface area contributed by atoms with Gasteiger partial charge in [0.15, 0.2) is 0 Å². The number of rotatable bonds is 3. The third kappa shape index (κ3) is 2.46. The highest BCUT2D eigenvalue weighted by molar-refractivity contribution is 4.87. The van der Waals surface area contributed by atoms with Crippen molar-refractivity contribution in [3.05, 3.63) is 0 Å². The average molecular weight is 158 g/mol. The van der Waals surface area contributed by atoms with Gasteiger partial charge < -0.3 is 11.5 Å². The summed E-state index contributed by atoms with van der Waals surface area (Å²) in [5, 5.41) is 0. The van der Waals surface area contributed by atoms with Gasteiger partial charge in [-0.1, -0.05) is 34.6 Å². The quantitative estimate of drug-likeness (QED) is 0.612. The molecule has 0 aliphatic carbocycles. The Bertz CT molecular complexity index is 117. The Morgan fingerprint density at radius 1 is 0.909 bits per heavy atom. The fourth-order valence-electron chi connectivity index (χ4n) is 1.10. The van der Waals surface area contributed by atoms with Gasteiger partial charge in [-0.15, -0.1) is 0 Å². The zero-order valence-electron chi connectivity index (χ0n) is 8.39. The molecule has 2 nitrogen and oxygen atoms in total. The summed E-state index contributed by atoms with van der Waals surface area (Å²) in [4.78, 5) is 0. The van der Waals surface area contributed by atoms with Gasteiger partial charge in [0.25, 0.3) is 0 Å². The highest BCUT2D eigenvalue weighted by Gasteiger charge is 2.32. The van der Waals surface area contributed by atoms with E-state index >= 15 is 0 Å². The van der Waals surface area contributed by atoms with Crippen molar-refractivity contribution in [2.75, 3.05) is 0 Å². The molecular weight excluding hydrogens is 136 g/mol. The first kappa shape index (κ1) is 10.9. The molecule has 11 heavy (non-hydrogen) atoms. The standard InChI is InChI=1S/C9H22N2/c1-6(2)8(5)9(10,11)7(3)4/h6-8H,10-11H2,1-5H3. The van der Waals surface area contributed by atoms with Crippen molar-refractivity contribution >= 4 is 0 Å². The third-order valence-corrected chi connectivity index (χ3v) is 2.79. The fraction of sp³-hybridized carbons (Fsp3) is 1.00. The Morgan fingerprint density at radius 2 is 1.27 bits per heavy atom. The van der Waals surface area contributed by atoms with E-state index in [1.54, 1.807) is 0 Å². The average Bonchev–Trinajstić information content (AvgIpc) is 1.85. The molecule has 0 fully saturated rings. The van der Waals surface area contributed by atoms with E-state index in [4.69, 9.17) is 11.5 Å². The summed E-state index contributed by atoms with van der Waals surface area (Å²) in [5.41, 5.74) is 11.4. The second kappa shape index (κ2) is 3.55. The van der Waals surface area contributed by atoms with Crippen molar-refractivity contribution in [3.63, 3.8) is 0 Å². The van der Waals surface area contributed by atoms with Crippen LogP contribution in [0.15, 0.2) is 0 Å². The molecule has 0 aromatic carbocycles. The fourth-order valence-corrected chi connectivity index (χ4v) is 1.10. The molecule has 0 saturated carbocycles. The van der Waals surface area contributed by atoms with Crippen molar-refractivity contribution in [2.45, 2.75) is 40.3 Å². The predicted molar refractivity (Wildman–Crippen MR) is 49.9 cm³/mol. The monoisotopic (exact) mass is 158 g/mol. The van der Waals surface area contributed by atoms with E-state index in [9.17, 15) is 0 Å². The van der Waals surface area contributed by atoms with Crippen molar-refractivity contribution in [1.82, 2.24) is 0 Å². The van der Waals surface area contributed by atoms with E-state index in [1.807, 2.05) is 0 Å².